The molecule has 0 saturated carbocycles. The van der Waals surface area contributed by atoms with Crippen LogP contribution in [0.15, 0.2) is 18.3 Å². The van der Waals surface area contributed by atoms with Crippen LogP contribution >= 0.6 is 0 Å². The number of amides is 3. The Morgan fingerprint density at radius 1 is 1.60 bits per heavy atom. The minimum Gasteiger partial charge on any atom is -0.341 e. The van der Waals surface area contributed by atoms with Gasteiger partial charge in [-0.3, -0.25) is 4.79 Å². The van der Waals surface area contributed by atoms with E-state index in [9.17, 15) is 9.59 Å². The highest BCUT2D eigenvalue weighted by atomic mass is 16.2. The van der Waals surface area contributed by atoms with Gasteiger partial charge in [0.2, 0.25) is 5.91 Å². The van der Waals surface area contributed by atoms with E-state index in [0.717, 1.165) is 0 Å². The molecule has 1 aliphatic rings. The van der Waals surface area contributed by atoms with E-state index in [-0.39, 0.29) is 23.7 Å². The first-order valence-corrected chi connectivity index (χ1v) is 6.33. The number of urea groups is 1. The van der Waals surface area contributed by atoms with Gasteiger partial charge >= 0.3 is 6.03 Å². The fraction of sp³-hybridized carbons (Fsp3) is 0.385. The van der Waals surface area contributed by atoms with Crippen LogP contribution in [0.3, 0.4) is 0 Å². The molecule has 2 heterocycles. The van der Waals surface area contributed by atoms with Gasteiger partial charge in [0, 0.05) is 19.5 Å². The molecule has 1 aromatic rings. The summed E-state index contributed by atoms with van der Waals surface area (Å²) in [5.74, 6) is 0.0536. The maximum absolute atomic E-state index is 11.8. The standard InChI is InChI=1S/C13H15N5O2/c1-2-18-8-11(5-12(18)19)17-13(20)16-10-4-3-9(6-14)15-7-10/h3-4,7,11H,2,5,8H2,1H3,(H2,16,17,20)/t11-/m0/s1. The second-order valence-electron chi connectivity index (χ2n) is 4.48. The largest absolute Gasteiger partial charge is 0.341 e. The molecule has 7 heteroatoms. The number of carbonyl (C=O) groups excluding carboxylic acids is 2. The van der Waals surface area contributed by atoms with Crippen LogP contribution in [0.4, 0.5) is 10.5 Å². The molecule has 0 aromatic carbocycles. The zero-order chi connectivity index (χ0) is 14.5. The Hall–Kier alpha value is -2.62. The van der Waals surface area contributed by atoms with Crippen molar-refractivity contribution < 1.29 is 9.59 Å². The Morgan fingerprint density at radius 3 is 2.95 bits per heavy atom. The molecule has 0 aliphatic carbocycles. The smallest absolute Gasteiger partial charge is 0.319 e. The zero-order valence-corrected chi connectivity index (χ0v) is 11.1. The first-order chi connectivity index (χ1) is 9.62. The maximum Gasteiger partial charge on any atom is 0.319 e. The van der Waals surface area contributed by atoms with Crippen LogP contribution < -0.4 is 10.6 Å². The molecule has 3 amide bonds. The summed E-state index contributed by atoms with van der Waals surface area (Å²) in [4.78, 5) is 28.9. The second-order valence-corrected chi connectivity index (χ2v) is 4.48. The summed E-state index contributed by atoms with van der Waals surface area (Å²) in [7, 11) is 0. The number of nitrogens with zero attached hydrogens (tertiary/aromatic N) is 3. The Morgan fingerprint density at radius 2 is 2.40 bits per heavy atom. The molecule has 2 rings (SSSR count). The summed E-state index contributed by atoms with van der Waals surface area (Å²) in [6.45, 7) is 3.09. The summed E-state index contributed by atoms with van der Waals surface area (Å²) >= 11 is 0. The number of aromatic nitrogens is 1. The van der Waals surface area contributed by atoms with Gasteiger partial charge < -0.3 is 15.5 Å². The highest BCUT2D eigenvalue weighted by Crippen LogP contribution is 2.11. The molecule has 104 valence electrons. The van der Waals surface area contributed by atoms with Gasteiger partial charge in [0.15, 0.2) is 0 Å². The predicted octanol–water partition coefficient (Wildman–Crippen LogP) is 0.696. The lowest BCUT2D eigenvalue weighted by molar-refractivity contribution is -0.127. The molecular weight excluding hydrogens is 258 g/mol. The molecule has 7 nitrogen and oxygen atoms in total. The average molecular weight is 273 g/mol. The van der Waals surface area contributed by atoms with Crippen LogP contribution in [0.5, 0.6) is 0 Å². The van der Waals surface area contributed by atoms with Crippen molar-refractivity contribution in [1.82, 2.24) is 15.2 Å². The summed E-state index contributed by atoms with van der Waals surface area (Å²) in [6.07, 6.45) is 1.74. The SMILES string of the molecule is CCN1C[C@@H](NC(=O)Nc2ccc(C#N)nc2)CC1=O. The highest BCUT2D eigenvalue weighted by Gasteiger charge is 2.29. The zero-order valence-electron chi connectivity index (χ0n) is 11.1. The fourth-order valence-corrected chi connectivity index (χ4v) is 2.06. The first kappa shape index (κ1) is 13.8. The van der Waals surface area contributed by atoms with E-state index < -0.39 is 0 Å². The number of likely N-dealkylation sites (N-methyl/N-ethyl adjacent to an activating group) is 1. The number of likely N-dealkylation sites (tertiary alicyclic amines) is 1. The molecule has 1 fully saturated rings. The lowest BCUT2D eigenvalue weighted by Gasteiger charge is -2.15. The number of anilines is 1. The summed E-state index contributed by atoms with van der Waals surface area (Å²) in [5, 5.41) is 14.0. The molecule has 0 unspecified atom stereocenters. The van der Waals surface area contributed by atoms with Crippen molar-refractivity contribution in [3.8, 4) is 6.07 Å². The van der Waals surface area contributed by atoms with Crippen LogP contribution in [0.2, 0.25) is 0 Å². The molecule has 0 radical (unpaired) electrons. The van der Waals surface area contributed by atoms with Crippen molar-refractivity contribution in [3.05, 3.63) is 24.0 Å². The monoisotopic (exact) mass is 273 g/mol. The maximum atomic E-state index is 11.8. The number of rotatable bonds is 3. The van der Waals surface area contributed by atoms with Gasteiger partial charge in [0.25, 0.3) is 0 Å². The minimum absolute atomic E-state index is 0.0536. The number of nitriles is 1. The third-order valence-electron chi connectivity index (χ3n) is 3.07. The summed E-state index contributed by atoms with van der Waals surface area (Å²) in [5.41, 5.74) is 0.786. The normalized spacial score (nSPS) is 17.7. The molecule has 2 N–H and O–H groups in total. The van der Waals surface area contributed by atoms with Gasteiger partial charge in [-0.25, -0.2) is 9.78 Å². The highest BCUT2D eigenvalue weighted by molar-refractivity contribution is 5.90. The van der Waals surface area contributed by atoms with Crippen molar-refractivity contribution >= 4 is 17.6 Å². The molecule has 20 heavy (non-hydrogen) atoms. The van der Waals surface area contributed by atoms with Gasteiger partial charge in [-0.05, 0) is 19.1 Å². The van der Waals surface area contributed by atoms with Crippen LogP contribution in [-0.2, 0) is 4.79 Å². The minimum atomic E-state index is -0.382. The summed E-state index contributed by atoms with van der Waals surface area (Å²) < 4.78 is 0. The molecule has 0 bridgehead atoms. The molecule has 1 aliphatic heterocycles. The molecule has 0 spiro atoms. The van der Waals surface area contributed by atoms with Gasteiger partial charge in [-0.15, -0.1) is 0 Å². The Labute approximate surface area is 116 Å². The number of carbonyl (C=O) groups is 2. The van der Waals surface area contributed by atoms with Crippen molar-refractivity contribution in [3.63, 3.8) is 0 Å². The fourth-order valence-electron chi connectivity index (χ4n) is 2.06. The van der Waals surface area contributed by atoms with E-state index in [0.29, 0.717) is 25.2 Å². The Kier molecular flexibility index (Phi) is 4.15. The third-order valence-corrected chi connectivity index (χ3v) is 3.07. The lowest BCUT2D eigenvalue weighted by Crippen LogP contribution is -2.39. The van der Waals surface area contributed by atoms with Gasteiger partial charge in [-0.1, -0.05) is 0 Å². The van der Waals surface area contributed by atoms with E-state index >= 15 is 0 Å². The molecule has 1 saturated heterocycles. The lowest BCUT2D eigenvalue weighted by atomic mass is 10.2. The molecule has 1 atom stereocenters. The van der Waals surface area contributed by atoms with Crippen molar-refractivity contribution in [2.45, 2.75) is 19.4 Å². The molecule has 1 aromatic heterocycles. The van der Waals surface area contributed by atoms with Crippen LogP contribution in [0.25, 0.3) is 0 Å². The van der Waals surface area contributed by atoms with E-state index in [2.05, 4.69) is 15.6 Å². The van der Waals surface area contributed by atoms with E-state index in [1.54, 1.807) is 11.0 Å². The molecular formula is C13H15N5O2. The van der Waals surface area contributed by atoms with Crippen molar-refractivity contribution in [1.29, 1.82) is 5.26 Å². The van der Waals surface area contributed by atoms with E-state index in [1.807, 2.05) is 13.0 Å². The van der Waals surface area contributed by atoms with Crippen LogP contribution in [0, 0.1) is 11.3 Å². The van der Waals surface area contributed by atoms with Crippen LogP contribution in [0.1, 0.15) is 19.0 Å². The van der Waals surface area contributed by atoms with E-state index in [4.69, 9.17) is 5.26 Å². The number of hydrogen-bond acceptors (Lipinski definition) is 4. The van der Waals surface area contributed by atoms with Gasteiger partial charge in [-0.2, -0.15) is 5.26 Å². The van der Waals surface area contributed by atoms with Gasteiger partial charge in [0.1, 0.15) is 11.8 Å². The number of nitrogens with one attached hydrogen (secondary N) is 2. The first-order valence-electron chi connectivity index (χ1n) is 6.33. The van der Waals surface area contributed by atoms with Crippen molar-refractivity contribution in [2.75, 3.05) is 18.4 Å². The van der Waals surface area contributed by atoms with Crippen LogP contribution in [-0.4, -0.2) is 41.0 Å². The summed E-state index contributed by atoms with van der Waals surface area (Å²) in [6, 6.07) is 4.47. The Bertz CT molecular complexity index is 549. The van der Waals surface area contributed by atoms with Crippen molar-refractivity contribution in [2.24, 2.45) is 0 Å². The van der Waals surface area contributed by atoms with Gasteiger partial charge in [0.05, 0.1) is 17.9 Å². The Balaban J connectivity index is 1.87. The number of pyridine rings is 1. The predicted molar refractivity (Wildman–Crippen MR) is 71.8 cm³/mol. The van der Waals surface area contributed by atoms with E-state index in [1.165, 1.54) is 12.3 Å². The topological polar surface area (TPSA) is 98.1 Å². The average Bonchev–Trinajstić information content (AvgIpc) is 2.79. The second kappa shape index (κ2) is 6.02. The third kappa shape index (κ3) is 3.23. The number of hydrogen-bond donors (Lipinski definition) is 2. The quantitative estimate of drug-likeness (QED) is 0.846.